The average molecular weight is 311 g/mol. The van der Waals surface area contributed by atoms with Crippen LogP contribution in [0.5, 0.6) is 5.75 Å². The molecule has 0 amide bonds. The van der Waals surface area contributed by atoms with Gasteiger partial charge in [0.05, 0.1) is 11.6 Å². The maximum absolute atomic E-state index is 5.95. The summed E-state index contributed by atoms with van der Waals surface area (Å²) in [6, 6.07) is 9.45. The number of anilines is 1. The van der Waals surface area contributed by atoms with E-state index in [1.165, 1.54) is 11.8 Å². The van der Waals surface area contributed by atoms with Crippen molar-refractivity contribution in [2.24, 2.45) is 0 Å². The predicted octanol–water partition coefficient (Wildman–Crippen LogP) is 3.59. The number of benzene rings is 1. The standard InChI is InChI=1S/C12H11BrN2OS/c1-16-8-4-5-11(10(14)7-8)17-12-9(13)3-2-6-15-12/h2-7H,14H2,1H3. The lowest BCUT2D eigenvalue weighted by Crippen LogP contribution is -1.91. The molecule has 0 spiro atoms. The Morgan fingerprint density at radius 1 is 1.35 bits per heavy atom. The third-order valence-corrected chi connectivity index (χ3v) is 4.16. The molecule has 0 radical (unpaired) electrons. The van der Waals surface area contributed by atoms with Crippen molar-refractivity contribution in [1.29, 1.82) is 0 Å². The van der Waals surface area contributed by atoms with Gasteiger partial charge in [-0.25, -0.2) is 4.98 Å². The van der Waals surface area contributed by atoms with Crippen LogP contribution in [-0.2, 0) is 0 Å². The molecule has 0 aliphatic rings. The molecule has 0 unspecified atom stereocenters. The van der Waals surface area contributed by atoms with Crippen molar-refractivity contribution < 1.29 is 4.74 Å². The summed E-state index contributed by atoms with van der Waals surface area (Å²) in [5.74, 6) is 0.756. The first-order valence-corrected chi connectivity index (χ1v) is 6.53. The molecule has 0 fully saturated rings. The molecule has 0 atom stereocenters. The van der Waals surface area contributed by atoms with E-state index < -0.39 is 0 Å². The predicted molar refractivity (Wildman–Crippen MR) is 73.5 cm³/mol. The van der Waals surface area contributed by atoms with Crippen molar-refractivity contribution in [2.75, 3.05) is 12.8 Å². The van der Waals surface area contributed by atoms with Crippen LogP contribution >= 0.6 is 27.7 Å². The summed E-state index contributed by atoms with van der Waals surface area (Å²) in [5.41, 5.74) is 6.64. The van der Waals surface area contributed by atoms with Crippen LogP contribution in [-0.4, -0.2) is 12.1 Å². The van der Waals surface area contributed by atoms with Gasteiger partial charge in [-0.15, -0.1) is 0 Å². The van der Waals surface area contributed by atoms with E-state index in [1.807, 2.05) is 24.3 Å². The van der Waals surface area contributed by atoms with Gasteiger partial charge in [0, 0.05) is 22.8 Å². The van der Waals surface area contributed by atoms with E-state index in [2.05, 4.69) is 20.9 Å². The van der Waals surface area contributed by atoms with Crippen LogP contribution in [0.25, 0.3) is 0 Å². The number of hydrogen-bond acceptors (Lipinski definition) is 4. The number of halogens is 1. The van der Waals surface area contributed by atoms with E-state index in [4.69, 9.17) is 10.5 Å². The van der Waals surface area contributed by atoms with E-state index in [9.17, 15) is 0 Å². The second-order valence-corrected chi connectivity index (χ2v) is 5.18. The smallest absolute Gasteiger partial charge is 0.120 e. The SMILES string of the molecule is COc1ccc(Sc2ncccc2Br)c(N)c1. The first-order valence-electron chi connectivity index (χ1n) is 4.92. The Bertz CT molecular complexity index is 534. The molecule has 1 aromatic carbocycles. The molecular formula is C12H11BrN2OS. The lowest BCUT2D eigenvalue weighted by atomic mass is 10.3. The average Bonchev–Trinajstić information content (AvgIpc) is 2.34. The molecule has 0 aliphatic heterocycles. The normalized spacial score (nSPS) is 10.2. The van der Waals surface area contributed by atoms with E-state index in [-0.39, 0.29) is 0 Å². The topological polar surface area (TPSA) is 48.1 Å². The highest BCUT2D eigenvalue weighted by Crippen LogP contribution is 2.36. The second-order valence-electron chi connectivity index (χ2n) is 3.30. The molecule has 0 saturated heterocycles. The molecule has 17 heavy (non-hydrogen) atoms. The van der Waals surface area contributed by atoms with Gasteiger partial charge in [0.2, 0.25) is 0 Å². The molecular weight excluding hydrogens is 300 g/mol. The Labute approximate surface area is 113 Å². The number of pyridine rings is 1. The van der Waals surface area contributed by atoms with E-state index >= 15 is 0 Å². The summed E-state index contributed by atoms with van der Waals surface area (Å²) in [6.45, 7) is 0. The van der Waals surface area contributed by atoms with Crippen LogP contribution in [0.2, 0.25) is 0 Å². The van der Waals surface area contributed by atoms with Crippen molar-refractivity contribution in [1.82, 2.24) is 4.98 Å². The van der Waals surface area contributed by atoms with Gasteiger partial charge in [0.15, 0.2) is 0 Å². The van der Waals surface area contributed by atoms with Gasteiger partial charge < -0.3 is 10.5 Å². The number of hydrogen-bond donors (Lipinski definition) is 1. The van der Waals surface area contributed by atoms with Crippen molar-refractivity contribution in [3.8, 4) is 5.75 Å². The number of ether oxygens (including phenoxy) is 1. The third-order valence-electron chi connectivity index (χ3n) is 2.15. The summed E-state index contributed by atoms with van der Waals surface area (Å²) in [7, 11) is 1.62. The highest BCUT2D eigenvalue weighted by molar-refractivity contribution is 9.10. The molecule has 88 valence electrons. The molecule has 2 N–H and O–H groups in total. The van der Waals surface area contributed by atoms with Crippen LogP contribution in [0.3, 0.4) is 0 Å². The van der Waals surface area contributed by atoms with Crippen molar-refractivity contribution in [3.05, 3.63) is 41.0 Å². The molecule has 1 heterocycles. The van der Waals surface area contributed by atoms with Gasteiger partial charge >= 0.3 is 0 Å². The number of methoxy groups -OCH3 is 1. The van der Waals surface area contributed by atoms with Gasteiger partial charge in [0.25, 0.3) is 0 Å². The zero-order valence-corrected chi connectivity index (χ0v) is 11.6. The number of aromatic nitrogens is 1. The molecule has 0 saturated carbocycles. The minimum Gasteiger partial charge on any atom is -0.497 e. The fourth-order valence-corrected chi connectivity index (χ4v) is 2.59. The van der Waals surface area contributed by atoms with Crippen molar-refractivity contribution >= 4 is 33.4 Å². The van der Waals surface area contributed by atoms with Gasteiger partial charge in [-0.05, 0) is 40.2 Å². The van der Waals surface area contributed by atoms with Crippen LogP contribution in [0, 0.1) is 0 Å². The first kappa shape index (κ1) is 12.3. The minimum absolute atomic E-state index is 0.687. The zero-order chi connectivity index (χ0) is 12.3. The summed E-state index contributed by atoms with van der Waals surface area (Å²) >= 11 is 4.98. The Hall–Kier alpha value is -1.20. The lowest BCUT2D eigenvalue weighted by molar-refractivity contribution is 0.415. The van der Waals surface area contributed by atoms with Gasteiger partial charge in [-0.2, -0.15) is 0 Å². The molecule has 2 aromatic rings. The number of nitrogen functional groups attached to an aromatic ring is 1. The summed E-state index contributed by atoms with van der Waals surface area (Å²) < 4.78 is 6.07. The maximum atomic E-state index is 5.95. The van der Waals surface area contributed by atoms with Crippen molar-refractivity contribution in [3.63, 3.8) is 0 Å². The van der Waals surface area contributed by atoms with Crippen LogP contribution in [0.4, 0.5) is 5.69 Å². The Morgan fingerprint density at radius 3 is 2.82 bits per heavy atom. The van der Waals surface area contributed by atoms with Gasteiger partial charge in [-0.1, -0.05) is 11.8 Å². The summed E-state index contributed by atoms with van der Waals surface area (Å²) in [5, 5.41) is 0.893. The van der Waals surface area contributed by atoms with Crippen LogP contribution in [0.15, 0.2) is 50.9 Å². The summed E-state index contributed by atoms with van der Waals surface area (Å²) in [4.78, 5) is 5.25. The molecule has 5 heteroatoms. The fourth-order valence-electron chi connectivity index (χ4n) is 1.30. The minimum atomic E-state index is 0.687. The van der Waals surface area contributed by atoms with E-state index in [0.29, 0.717) is 5.69 Å². The van der Waals surface area contributed by atoms with Crippen LogP contribution < -0.4 is 10.5 Å². The molecule has 2 rings (SSSR count). The second kappa shape index (κ2) is 5.42. The monoisotopic (exact) mass is 310 g/mol. The van der Waals surface area contributed by atoms with E-state index in [1.54, 1.807) is 19.4 Å². The quantitative estimate of drug-likeness (QED) is 0.880. The zero-order valence-electron chi connectivity index (χ0n) is 9.18. The molecule has 1 aromatic heterocycles. The highest BCUT2D eigenvalue weighted by Gasteiger charge is 2.07. The number of nitrogens with two attached hydrogens (primary N) is 1. The number of nitrogens with zero attached hydrogens (tertiary/aromatic N) is 1. The maximum Gasteiger partial charge on any atom is 0.120 e. The fraction of sp³-hybridized carbons (Fsp3) is 0.0833. The Morgan fingerprint density at radius 2 is 2.18 bits per heavy atom. The molecule has 0 bridgehead atoms. The van der Waals surface area contributed by atoms with Gasteiger partial charge in [-0.3, -0.25) is 0 Å². The Balaban J connectivity index is 2.28. The molecule has 0 aliphatic carbocycles. The largest absolute Gasteiger partial charge is 0.497 e. The first-order chi connectivity index (χ1) is 8.20. The van der Waals surface area contributed by atoms with Crippen LogP contribution in [0.1, 0.15) is 0 Å². The van der Waals surface area contributed by atoms with Gasteiger partial charge in [0.1, 0.15) is 10.8 Å². The van der Waals surface area contributed by atoms with Crippen molar-refractivity contribution in [2.45, 2.75) is 9.92 Å². The molecule has 3 nitrogen and oxygen atoms in total. The summed E-state index contributed by atoms with van der Waals surface area (Å²) in [6.07, 6.45) is 1.76. The van der Waals surface area contributed by atoms with E-state index in [0.717, 1.165) is 20.1 Å². The number of rotatable bonds is 3. The highest BCUT2D eigenvalue weighted by atomic mass is 79.9. The lowest BCUT2D eigenvalue weighted by Gasteiger charge is -2.07. The third kappa shape index (κ3) is 2.92. The Kier molecular flexibility index (Phi) is 3.91.